The fourth-order valence-electron chi connectivity index (χ4n) is 5.34. The van der Waals surface area contributed by atoms with Crippen molar-refractivity contribution in [2.45, 2.75) is 51.3 Å². The van der Waals surface area contributed by atoms with Gasteiger partial charge in [0.2, 0.25) is 10.0 Å². The summed E-state index contributed by atoms with van der Waals surface area (Å²) < 4.78 is 27.3. The van der Waals surface area contributed by atoms with Crippen molar-refractivity contribution < 1.29 is 23.1 Å². The number of nitrogens with one attached hydrogen (secondary N) is 4. The van der Waals surface area contributed by atoms with Gasteiger partial charge in [-0.1, -0.05) is 60.7 Å². The summed E-state index contributed by atoms with van der Waals surface area (Å²) in [6.45, 7) is 7.44. The molecule has 0 radical (unpaired) electrons. The van der Waals surface area contributed by atoms with Crippen molar-refractivity contribution >= 4 is 27.5 Å². The standard InChI is InChI=1S/C34H45N5O5S/c1-3-45(43,44)38-30-22-28(33(41)36-25(2)27-14-8-5-9-15-27)21-29(23-30)34(42)37-31(20-26-12-6-4-7-13-26)32(40)24-35-16-19-39-17-10-11-18-39/h4-9,12-15,21-23,25,31-32,35,38,40H,3,10-11,16-20,24H2,1-2H3,(H,36,41)(H,37,42)/t25-,31+,32-/m1/s1. The smallest absolute Gasteiger partial charge is 0.251 e. The summed E-state index contributed by atoms with van der Waals surface area (Å²) in [6, 6.07) is 22.3. The highest BCUT2D eigenvalue weighted by atomic mass is 32.2. The van der Waals surface area contributed by atoms with Gasteiger partial charge in [-0.15, -0.1) is 0 Å². The number of carbonyl (C=O) groups is 2. The Morgan fingerprint density at radius 3 is 2.11 bits per heavy atom. The highest BCUT2D eigenvalue weighted by Gasteiger charge is 2.24. The van der Waals surface area contributed by atoms with E-state index in [0.29, 0.717) is 6.42 Å². The Bertz CT molecular complexity index is 1500. The van der Waals surface area contributed by atoms with Crippen molar-refractivity contribution in [3.8, 4) is 0 Å². The predicted molar refractivity (Wildman–Crippen MR) is 178 cm³/mol. The van der Waals surface area contributed by atoms with E-state index < -0.39 is 34.0 Å². The highest BCUT2D eigenvalue weighted by molar-refractivity contribution is 7.92. The number of hydrogen-bond acceptors (Lipinski definition) is 7. The number of hydrogen-bond donors (Lipinski definition) is 5. The molecule has 0 unspecified atom stereocenters. The summed E-state index contributed by atoms with van der Waals surface area (Å²) in [7, 11) is -3.68. The minimum absolute atomic E-state index is 0.0936. The van der Waals surface area contributed by atoms with Crippen molar-refractivity contribution in [1.29, 1.82) is 0 Å². The van der Waals surface area contributed by atoms with Crippen LogP contribution >= 0.6 is 0 Å². The lowest BCUT2D eigenvalue weighted by atomic mass is 10.00. The van der Waals surface area contributed by atoms with Gasteiger partial charge in [0.1, 0.15) is 0 Å². The average molecular weight is 636 g/mol. The third kappa shape index (κ3) is 10.7. The molecule has 11 heteroatoms. The van der Waals surface area contributed by atoms with Crippen LogP contribution in [0.3, 0.4) is 0 Å². The normalized spacial score (nSPS) is 15.6. The van der Waals surface area contributed by atoms with E-state index in [-0.39, 0.29) is 35.2 Å². The number of aliphatic hydroxyl groups excluding tert-OH is 1. The summed E-state index contributed by atoms with van der Waals surface area (Å²) >= 11 is 0. The maximum Gasteiger partial charge on any atom is 0.251 e. The average Bonchev–Trinajstić information content (AvgIpc) is 3.57. The SMILES string of the molecule is CCS(=O)(=O)Nc1cc(C(=O)N[C@@H](Cc2ccccc2)[C@H](O)CNCCN2CCCC2)cc(C(=O)N[C@H](C)c2ccccc2)c1. The van der Waals surface area contributed by atoms with E-state index in [0.717, 1.165) is 37.3 Å². The topological polar surface area (TPSA) is 140 Å². The zero-order valence-corrected chi connectivity index (χ0v) is 26.9. The lowest BCUT2D eigenvalue weighted by Gasteiger charge is -2.25. The number of carbonyl (C=O) groups excluding carboxylic acids is 2. The minimum atomic E-state index is -3.68. The number of benzene rings is 3. The molecule has 5 N–H and O–H groups in total. The first-order valence-corrected chi connectivity index (χ1v) is 17.3. The number of nitrogens with zero attached hydrogens (tertiary/aromatic N) is 1. The third-order valence-electron chi connectivity index (χ3n) is 7.99. The molecule has 3 aromatic rings. The zero-order valence-electron chi connectivity index (χ0n) is 26.0. The number of anilines is 1. The van der Waals surface area contributed by atoms with Gasteiger partial charge in [0.05, 0.1) is 29.6 Å². The van der Waals surface area contributed by atoms with Crippen LogP contribution in [-0.2, 0) is 16.4 Å². The number of aliphatic hydroxyl groups is 1. The summed E-state index contributed by atoms with van der Waals surface area (Å²) in [4.78, 5) is 29.4. The summed E-state index contributed by atoms with van der Waals surface area (Å²) in [5.74, 6) is -1.16. The van der Waals surface area contributed by atoms with Gasteiger partial charge < -0.3 is 26.0 Å². The first-order valence-electron chi connectivity index (χ1n) is 15.6. The molecular weight excluding hydrogens is 590 g/mol. The Labute approximate surface area is 266 Å². The van der Waals surface area contributed by atoms with E-state index >= 15 is 0 Å². The fourth-order valence-corrected chi connectivity index (χ4v) is 5.97. The highest BCUT2D eigenvalue weighted by Crippen LogP contribution is 2.20. The second kappa shape index (κ2) is 16.5. The van der Waals surface area contributed by atoms with Gasteiger partial charge in [0.25, 0.3) is 11.8 Å². The Hall–Kier alpha value is -3.77. The molecule has 3 aromatic carbocycles. The van der Waals surface area contributed by atoms with Gasteiger partial charge >= 0.3 is 0 Å². The maximum absolute atomic E-state index is 13.7. The van der Waals surface area contributed by atoms with E-state index in [1.807, 2.05) is 67.6 Å². The van der Waals surface area contributed by atoms with Gasteiger partial charge in [-0.3, -0.25) is 14.3 Å². The van der Waals surface area contributed by atoms with Crippen molar-refractivity contribution in [2.24, 2.45) is 0 Å². The lowest BCUT2D eigenvalue weighted by Crippen LogP contribution is -2.49. The zero-order chi connectivity index (χ0) is 32.2. The van der Waals surface area contributed by atoms with Crippen molar-refractivity contribution in [2.75, 3.05) is 43.2 Å². The Balaban J connectivity index is 1.53. The number of amides is 2. The van der Waals surface area contributed by atoms with E-state index in [4.69, 9.17) is 0 Å². The van der Waals surface area contributed by atoms with E-state index in [2.05, 4.69) is 25.6 Å². The molecule has 1 saturated heterocycles. The van der Waals surface area contributed by atoms with E-state index in [1.165, 1.54) is 38.0 Å². The second-order valence-electron chi connectivity index (χ2n) is 11.5. The van der Waals surface area contributed by atoms with Crippen molar-refractivity contribution in [1.82, 2.24) is 20.9 Å². The van der Waals surface area contributed by atoms with Crippen molar-refractivity contribution in [3.63, 3.8) is 0 Å². The quantitative estimate of drug-likeness (QED) is 0.152. The Kier molecular flexibility index (Phi) is 12.5. The van der Waals surface area contributed by atoms with Crippen LogP contribution in [0.15, 0.2) is 78.9 Å². The number of sulfonamides is 1. The molecule has 1 heterocycles. The minimum Gasteiger partial charge on any atom is -0.390 e. The summed E-state index contributed by atoms with van der Waals surface area (Å²) in [5, 5.41) is 20.4. The molecule has 2 amide bonds. The molecular formula is C34H45N5O5S. The molecule has 45 heavy (non-hydrogen) atoms. The van der Waals surface area contributed by atoms with Crippen LogP contribution in [0.1, 0.15) is 64.6 Å². The second-order valence-corrected chi connectivity index (χ2v) is 13.5. The molecule has 1 fully saturated rings. The molecule has 3 atom stereocenters. The first-order chi connectivity index (χ1) is 21.6. The third-order valence-corrected chi connectivity index (χ3v) is 9.30. The Morgan fingerprint density at radius 2 is 1.49 bits per heavy atom. The Morgan fingerprint density at radius 1 is 0.889 bits per heavy atom. The predicted octanol–water partition coefficient (Wildman–Crippen LogP) is 3.33. The van der Waals surface area contributed by atoms with Crippen LogP contribution < -0.4 is 20.7 Å². The molecule has 0 bridgehead atoms. The van der Waals surface area contributed by atoms with Crippen molar-refractivity contribution in [3.05, 3.63) is 101 Å². The maximum atomic E-state index is 13.7. The molecule has 0 aromatic heterocycles. The number of likely N-dealkylation sites (tertiary alicyclic amines) is 1. The van der Waals surface area contributed by atoms with Crippen LogP contribution in [0.25, 0.3) is 0 Å². The van der Waals surface area contributed by atoms with Crippen LogP contribution in [0.2, 0.25) is 0 Å². The van der Waals surface area contributed by atoms with Crippen LogP contribution in [-0.4, -0.2) is 80.9 Å². The van der Waals surface area contributed by atoms with E-state index in [9.17, 15) is 23.1 Å². The molecule has 1 aliphatic heterocycles. The van der Waals surface area contributed by atoms with Gasteiger partial charge in [-0.2, -0.15) is 0 Å². The van der Waals surface area contributed by atoms with Crippen LogP contribution in [0.5, 0.6) is 0 Å². The first kappa shape index (κ1) is 34.1. The molecule has 242 valence electrons. The largest absolute Gasteiger partial charge is 0.390 e. The summed E-state index contributed by atoms with van der Waals surface area (Å²) in [6.07, 6.45) is 1.91. The number of rotatable bonds is 16. The molecule has 4 rings (SSSR count). The van der Waals surface area contributed by atoms with Gasteiger partial charge in [0, 0.05) is 30.8 Å². The van der Waals surface area contributed by atoms with Crippen LogP contribution in [0.4, 0.5) is 5.69 Å². The monoisotopic (exact) mass is 635 g/mol. The fraction of sp³-hybridized carbons (Fsp3) is 0.412. The molecule has 0 spiro atoms. The lowest BCUT2D eigenvalue weighted by molar-refractivity contribution is 0.0829. The molecule has 0 aliphatic carbocycles. The molecule has 0 saturated carbocycles. The molecule has 1 aliphatic rings. The van der Waals surface area contributed by atoms with Crippen LogP contribution in [0, 0.1) is 0 Å². The van der Waals surface area contributed by atoms with Gasteiger partial charge in [-0.25, -0.2) is 8.42 Å². The van der Waals surface area contributed by atoms with E-state index in [1.54, 1.807) is 0 Å². The molecule has 10 nitrogen and oxygen atoms in total. The summed E-state index contributed by atoms with van der Waals surface area (Å²) in [5.41, 5.74) is 2.17. The van der Waals surface area contributed by atoms with Gasteiger partial charge in [-0.05, 0) is 75.5 Å². The van der Waals surface area contributed by atoms with Gasteiger partial charge in [0.15, 0.2) is 0 Å².